The van der Waals surface area contributed by atoms with E-state index in [9.17, 15) is 18.0 Å². The third-order valence-electron chi connectivity index (χ3n) is 4.90. The molecule has 10 heteroatoms. The molecule has 0 radical (unpaired) electrons. The summed E-state index contributed by atoms with van der Waals surface area (Å²) in [6.07, 6.45) is -0.244. The van der Waals surface area contributed by atoms with Gasteiger partial charge in [-0.3, -0.25) is 14.7 Å². The molecule has 1 unspecified atom stereocenters. The second-order valence-corrected chi connectivity index (χ2v) is 6.74. The summed E-state index contributed by atoms with van der Waals surface area (Å²) in [6.45, 7) is 1.24. The number of fused-ring (bicyclic) bond motifs is 3. The maximum absolute atomic E-state index is 13.2. The van der Waals surface area contributed by atoms with E-state index in [0.29, 0.717) is 29.2 Å². The Morgan fingerprint density at radius 1 is 1.28 bits per heavy atom. The van der Waals surface area contributed by atoms with E-state index >= 15 is 0 Å². The van der Waals surface area contributed by atoms with Crippen molar-refractivity contribution in [2.24, 2.45) is 10.2 Å². The first-order valence-electron chi connectivity index (χ1n) is 8.95. The average Bonchev–Trinajstić information content (AvgIpc) is 3.19. The molecule has 7 nitrogen and oxygen atoms in total. The van der Waals surface area contributed by atoms with Crippen LogP contribution in [0.5, 0.6) is 0 Å². The van der Waals surface area contributed by atoms with Crippen LogP contribution in [-0.4, -0.2) is 42.2 Å². The van der Waals surface area contributed by atoms with Crippen LogP contribution < -0.4 is 9.80 Å². The zero-order valence-corrected chi connectivity index (χ0v) is 15.7. The highest BCUT2D eigenvalue weighted by atomic mass is 19.4. The quantitative estimate of drug-likeness (QED) is 0.778. The highest BCUT2D eigenvalue weighted by Gasteiger charge is 2.43. The van der Waals surface area contributed by atoms with Crippen LogP contribution in [0.3, 0.4) is 0 Å². The average molecular weight is 402 g/mol. The zero-order valence-electron chi connectivity index (χ0n) is 15.7. The Morgan fingerprint density at radius 2 is 2.07 bits per heavy atom. The minimum Gasteiger partial charge on any atom is -0.359 e. The van der Waals surface area contributed by atoms with Crippen molar-refractivity contribution in [2.45, 2.75) is 19.1 Å². The number of hydrogen-bond acceptors (Lipinski definition) is 6. The molecule has 150 valence electrons. The van der Waals surface area contributed by atoms with Crippen LogP contribution in [0.25, 0.3) is 11.3 Å². The number of amides is 1. The molecule has 29 heavy (non-hydrogen) atoms. The SMILES string of the molecule is CCN(C)c1ncccc1-c1cc2c(cn1)C1N=NC=C1C(=O)N2CC(F)(F)F. The van der Waals surface area contributed by atoms with E-state index in [1.54, 1.807) is 18.3 Å². The van der Waals surface area contributed by atoms with Gasteiger partial charge in [-0.2, -0.15) is 23.4 Å². The highest BCUT2D eigenvalue weighted by Crippen LogP contribution is 2.44. The molecule has 0 N–H and O–H groups in total. The number of halogens is 3. The lowest BCUT2D eigenvalue weighted by molar-refractivity contribution is -0.130. The first-order chi connectivity index (χ1) is 13.8. The molecule has 2 aromatic rings. The second kappa shape index (κ2) is 6.94. The standard InChI is InChI=1S/C19H17F3N6O/c1-3-27(2)17-11(5-4-6-23-17)14-7-15-12(8-24-14)16-13(9-25-26-16)18(29)28(15)10-19(20,21)22/h4-9,16H,3,10H2,1-2H3. The Kier molecular flexibility index (Phi) is 4.56. The van der Waals surface area contributed by atoms with Gasteiger partial charge < -0.3 is 4.90 Å². The fourth-order valence-electron chi connectivity index (χ4n) is 3.40. The first-order valence-corrected chi connectivity index (χ1v) is 8.95. The van der Waals surface area contributed by atoms with Gasteiger partial charge in [-0.25, -0.2) is 4.98 Å². The number of azo groups is 1. The van der Waals surface area contributed by atoms with Crippen LogP contribution in [0.1, 0.15) is 18.5 Å². The van der Waals surface area contributed by atoms with E-state index in [2.05, 4.69) is 20.2 Å². The van der Waals surface area contributed by atoms with Crippen LogP contribution in [0.4, 0.5) is 24.7 Å². The molecule has 2 aromatic heterocycles. The van der Waals surface area contributed by atoms with Gasteiger partial charge in [0.25, 0.3) is 5.91 Å². The molecule has 0 bridgehead atoms. The van der Waals surface area contributed by atoms with Gasteiger partial charge >= 0.3 is 6.18 Å². The summed E-state index contributed by atoms with van der Waals surface area (Å²) >= 11 is 0. The number of carbonyl (C=O) groups is 1. The highest BCUT2D eigenvalue weighted by molar-refractivity contribution is 6.10. The van der Waals surface area contributed by atoms with E-state index in [1.165, 1.54) is 18.5 Å². The number of alkyl halides is 3. The third kappa shape index (κ3) is 3.34. The van der Waals surface area contributed by atoms with Crippen LogP contribution in [0.15, 0.2) is 52.6 Å². The monoisotopic (exact) mass is 402 g/mol. The van der Waals surface area contributed by atoms with Gasteiger partial charge in [0.2, 0.25) is 0 Å². The number of nitrogens with zero attached hydrogens (tertiary/aromatic N) is 6. The molecule has 4 rings (SSSR count). The maximum Gasteiger partial charge on any atom is 0.406 e. The predicted molar refractivity (Wildman–Crippen MR) is 101 cm³/mol. The van der Waals surface area contributed by atoms with Gasteiger partial charge in [0.05, 0.1) is 23.2 Å². The lowest BCUT2D eigenvalue weighted by Gasteiger charge is -2.33. The molecule has 1 atom stereocenters. The molecule has 2 aliphatic heterocycles. The molecule has 1 amide bonds. The summed E-state index contributed by atoms with van der Waals surface area (Å²) in [7, 11) is 1.86. The molecule has 0 fully saturated rings. The molecule has 0 saturated heterocycles. The summed E-state index contributed by atoms with van der Waals surface area (Å²) in [5.74, 6) is -0.104. The lowest BCUT2D eigenvalue weighted by Crippen LogP contribution is -2.43. The van der Waals surface area contributed by atoms with Crippen molar-refractivity contribution < 1.29 is 18.0 Å². The Morgan fingerprint density at radius 3 is 2.79 bits per heavy atom. The molecule has 0 spiro atoms. The van der Waals surface area contributed by atoms with Crippen molar-refractivity contribution in [2.75, 3.05) is 29.9 Å². The number of rotatable bonds is 4. The fraction of sp³-hybridized carbons (Fsp3) is 0.316. The predicted octanol–water partition coefficient (Wildman–Crippen LogP) is 3.90. The van der Waals surface area contributed by atoms with Crippen molar-refractivity contribution in [3.05, 3.63) is 47.9 Å². The number of anilines is 2. The van der Waals surface area contributed by atoms with Crippen molar-refractivity contribution in [1.29, 1.82) is 0 Å². The Labute approximate surface area is 164 Å². The normalized spacial score (nSPS) is 17.8. The first kappa shape index (κ1) is 19.0. The lowest BCUT2D eigenvalue weighted by atomic mass is 9.93. The molecular weight excluding hydrogens is 385 g/mol. The van der Waals surface area contributed by atoms with Crippen LogP contribution >= 0.6 is 0 Å². The summed E-state index contributed by atoms with van der Waals surface area (Å²) in [5, 5.41) is 7.71. The summed E-state index contributed by atoms with van der Waals surface area (Å²) in [5.41, 5.74) is 1.75. The Balaban J connectivity index is 1.86. The molecule has 2 aliphatic rings. The minimum atomic E-state index is -4.56. The topological polar surface area (TPSA) is 74.0 Å². The van der Waals surface area contributed by atoms with Crippen molar-refractivity contribution in [3.8, 4) is 11.3 Å². The van der Waals surface area contributed by atoms with E-state index in [-0.39, 0.29) is 11.3 Å². The number of aromatic nitrogens is 2. The van der Waals surface area contributed by atoms with Crippen molar-refractivity contribution >= 4 is 17.4 Å². The van der Waals surface area contributed by atoms with E-state index in [4.69, 9.17) is 0 Å². The van der Waals surface area contributed by atoms with E-state index in [0.717, 1.165) is 4.90 Å². The molecule has 0 aromatic carbocycles. The summed E-state index contributed by atoms with van der Waals surface area (Å²) in [4.78, 5) is 24.1. The van der Waals surface area contributed by atoms with Gasteiger partial charge in [0.1, 0.15) is 18.4 Å². The Bertz CT molecular complexity index is 1030. The zero-order chi connectivity index (χ0) is 20.8. The molecule has 0 saturated carbocycles. The largest absolute Gasteiger partial charge is 0.406 e. The van der Waals surface area contributed by atoms with Gasteiger partial charge in [0.15, 0.2) is 0 Å². The van der Waals surface area contributed by atoms with Crippen LogP contribution in [-0.2, 0) is 4.79 Å². The third-order valence-corrected chi connectivity index (χ3v) is 4.90. The minimum absolute atomic E-state index is 0.115. The van der Waals surface area contributed by atoms with Gasteiger partial charge in [-0.1, -0.05) is 0 Å². The summed E-state index contributed by atoms with van der Waals surface area (Å²) < 4.78 is 39.6. The van der Waals surface area contributed by atoms with E-state index in [1.807, 2.05) is 18.9 Å². The van der Waals surface area contributed by atoms with Gasteiger partial charge in [-0.15, -0.1) is 0 Å². The molecular formula is C19H17F3N6O. The number of pyridine rings is 2. The fourth-order valence-corrected chi connectivity index (χ4v) is 3.40. The van der Waals surface area contributed by atoms with Crippen molar-refractivity contribution in [1.82, 2.24) is 9.97 Å². The smallest absolute Gasteiger partial charge is 0.359 e. The van der Waals surface area contributed by atoms with Gasteiger partial charge in [-0.05, 0) is 25.1 Å². The number of carbonyl (C=O) groups excluding carboxylic acids is 1. The molecule has 0 aliphatic carbocycles. The van der Waals surface area contributed by atoms with Crippen molar-refractivity contribution in [3.63, 3.8) is 0 Å². The maximum atomic E-state index is 13.2. The van der Waals surface area contributed by atoms with Crippen LogP contribution in [0, 0.1) is 0 Å². The second-order valence-electron chi connectivity index (χ2n) is 6.74. The van der Waals surface area contributed by atoms with Gasteiger partial charge in [0, 0.05) is 37.1 Å². The van der Waals surface area contributed by atoms with E-state index < -0.39 is 24.7 Å². The van der Waals surface area contributed by atoms with Crippen LogP contribution in [0.2, 0.25) is 0 Å². The summed E-state index contributed by atoms with van der Waals surface area (Å²) in [6, 6.07) is 4.29. The number of hydrogen-bond donors (Lipinski definition) is 0. The Hall–Kier alpha value is -3.30. The molecule has 4 heterocycles.